The molecule has 2 fully saturated rings. The summed E-state index contributed by atoms with van der Waals surface area (Å²) >= 11 is 0. The van der Waals surface area contributed by atoms with E-state index in [2.05, 4.69) is 5.92 Å². The van der Waals surface area contributed by atoms with E-state index in [0.29, 0.717) is 19.3 Å². The molecule has 0 aromatic rings. The number of fused-ring (bicyclic) bond motifs is 2. The van der Waals surface area contributed by atoms with Gasteiger partial charge < -0.3 is 0 Å². The molecule has 54 valence electrons. The van der Waals surface area contributed by atoms with Crippen molar-refractivity contribution < 1.29 is 4.39 Å². The van der Waals surface area contributed by atoms with E-state index in [1.807, 2.05) is 0 Å². The highest BCUT2D eigenvalue weighted by molar-refractivity contribution is 5.18. The number of hydrogen-bond acceptors (Lipinski definition) is 0. The Hall–Kier alpha value is -0.510. The molecule has 0 amide bonds. The van der Waals surface area contributed by atoms with Gasteiger partial charge in [0.25, 0.3) is 0 Å². The number of terminal acetylenes is 1. The Kier molecular flexibility index (Phi) is 0.968. The van der Waals surface area contributed by atoms with Gasteiger partial charge in [-0.25, -0.2) is 4.39 Å². The summed E-state index contributed by atoms with van der Waals surface area (Å²) in [5.74, 6) is 2.75. The van der Waals surface area contributed by atoms with Gasteiger partial charge in [-0.15, -0.1) is 6.42 Å². The van der Waals surface area contributed by atoms with E-state index in [1.165, 1.54) is 0 Å². The van der Waals surface area contributed by atoms with Gasteiger partial charge in [-0.05, 0) is 32.1 Å². The summed E-state index contributed by atoms with van der Waals surface area (Å²) in [5.41, 5.74) is -0.902. The molecule has 0 saturated heterocycles. The van der Waals surface area contributed by atoms with Gasteiger partial charge in [0.1, 0.15) is 5.67 Å². The maximum absolute atomic E-state index is 13.4. The second-order valence-corrected chi connectivity index (χ2v) is 3.75. The molecule has 0 spiro atoms. The molecule has 0 N–H and O–H groups in total. The fraction of sp³-hybridized carbons (Fsp3) is 0.778. The smallest absolute Gasteiger partial charge is 0.112 e. The Morgan fingerprint density at radius 3 is 2.00 bits per heavy atom. The van der Waals surface area contributed by atoms with Gasteiger partial charge >= 0.3 is 0 Å². The van der Waals surface area contributed by atoms with E-state index >= 15 is 0 Å². The van der Waals surface area contributed by atoms with E-state index in [0.717, 1.165) is 12.8 Å². The molecule has 10 heavy (non-hydrogen) atoms. The fourth-order valence-electron chi connectivity index (χ4n) is 2.33. The molecule has 0 unspecified atom stereocenters. The van der Waals surface area contributed by atoms with Crippen LogP contribution in [0.2, 0.25) is 0 Å². The lowest BCUT2D eigenvalue weighted by molar-refractivity contribution is 0.176. The van der Waals surface area contributed by atoms with E-state index in [9.17, 15) is 4.39 Å². The highest BCUT2D eigenvalue weighted by Gasteiger charge is 2.53. The van der Waals surface area contributed by atoms with Gasteiger partial charge in [0.15, 0.2) is 0 Å². The molecule has 2 rings (SSSR count). The van der Waals surface area contributed by atoms with Gasteiger partial charge in [0.05, 0.1) is 0 Å². The molecule has 0 aromatic carbocycles. The van der Waals surface area contributed by atoms with E-state index in [4.69, 9.17) is 6.42 Å². The number of hydrogen-bond donors (Lipinski definition) is 0. The third-order valence-corrected chi connectivity index (χ3v) is 3.06. The molecule has 0 atom stereocenters. The van der Waals surface area contributed by atoms with E-state index in [-0.39, 0.29) is 5.41 Å². The number of alkyl halides is 1. The van der Waals surface area contributed by atoms with Crippen molar-refractivity contribution in [3.63, 3.8) is 0 Å². The zero-order valence-corrected chi connectivity index (χ0v) is 5.99. The molecule has 0 heterocycles. The van der Waals surface area contributed by atoms with Gasteiger partial charge in [-0.1, -0.05) is 5.92 Å². The van der Waals surface area contributed by atoms with Crippen LogP contribution in [0.25, 0.3) is 0 Å². The minimum absolute atomic E-state index is 0.0330. The van der Waals surface area contributed by atoms with Crippen LogP contribution in [0.5, 0.6) is 0 Å². The summed E-state index contributed by atoms with van der Waals surface area (Å²) in [5, 5.41) is 0. The predicted octanol–water partition coefficient (Wildman–Crippen LogP) is 2.29. The van der Waals surface area contributed by atoms with Crippen molar-refractivity contribution in [2.75, 3.05) is 0 Å². The van der Waals surface area contributed by atoms with E-state index < -0.39 is 5.67 Å². The molecule has 0 aliphatic heterocycles. The first-order chi connectivity index (χ1) is 4.68. The lowest BCUT2D eigenvalue weighted by Gasteiger charge is -2.18. The van der Waals surface area contributed by atoms with E-state index in [1.54, 1.807) is 0 Å². The van der Waals surface area contributed by atoms with Gasteiger partial charge in [0, 0.05) is 5.41 Å². The molecule has 2 aliphatic rings. The van der Waals surface area contributed by atoms with Crippen molar-refractivity contribution in [1.82, 2.24) is 0 Å². The second-order valence-electron chi connectivity index (χ2n) is 3.75. The number of halogens is 1. The summed E-state index contributed by atoms with van der Waals surface area (Å²) in [6.07, 6.45) is 9.23. The van der Waals surface area contributed by atoms with Crippen LogP contribution >= 0.6 is 0 Å². The van der Waals surface area contributed by atoms with Gasteiger partial charge in [0.2, 0.25) is 0 Å². The average Bonchev–Trinajstić information content (AvgIpc) is 2.42. The Balaban J connectivity index is 2.29. The zero-order valence-electron chi connectivity index (χ0n) is 5.99. The van der Waals surface area contributed by atoms with Gasteiger partial charge in [-0.2, -0.15) is 0 Å². The maximum Gasteiger partial charge on any atom is 0.112 e. The summed E-state index contributed by atoms with van der Waals surface area (Å²) in [7, 11) is 0. The van der Waals surface area contributed by atoms with Crippen LogP contribution in [-0.2, 0) is 0 Å². The lowest BCUT2D eigenvalue weighted by atomic mass is 9.85. The molecule has 2 aliphatic carbocycles. The first kappa shape index (κ1) is 6.22. The average molecular weight is 138 g/mol. The third kappa shape index (κ3) is 0.624. The molecular formula is C9H11F. The quantitative estimate of drug-likeness (QED) is 0.450. The summed E-state index contributed by atoms with van der Waals surface area (Å²) in [6, 6.07) is 0. The highest BCUT2D eigenvalue weighted by atomic mass is 19.1. The van der Waals surface area contributed by atoms with Crippen molar-refractivity contribution in [3.05, 3.63) is 0 Å². The minimum atomic E-state index is -0.869. The highest BCUT2D eigenvalue weighted by Crippen LogP contribution is 2.57. The van der Waals surface area contributed by atoms with Crippen LogP contribution in [0.1, 0.15) is 32.1 Å². The fourth-order valence-corrected chi connectivity index (χ4v) is 2.33. The molecular weight excluding hydrogens is 127 g/mol. The molecule has 2 bridgehead atoms. The second kappa shape index (κ2) is 1.56. The molecule has 0 radical (unpaired) electrons. The lowest BCUT2D eigenvalue weighted by Crippen LogP contribution is -2.13. The minimum Gasteiger partial charge on any atom is -0.244 e. The Morgan fingerprint density at radius 2 is 1.80 bits per heavy atom. The number of rotatable bonds is 0. The van der Waals surface area contributed by atoms with Crippen molar-refractivity contribution in [3.8, 4) is 12.3 Å². The normalized spacial score (nSPS) is 51.2. The monoisotopic (exact) mass is 138 g/mol. The van der Waals surface area contributed by atoms with Crippen molar-refractivity contribution in [2.24, 2.45) is 5.41 Å². The SMILES string of the molecule is C#CC12CCC(F)(CC1)C2. The summed E-state index contributed by atoms with van der Waals surface area (Å²) < 4.78 is 13.4. The zero-order chi connectivity index (χ0) is 7.24. The standard InChI is InChI=1S/C9H11F/c1-2-8-3-5-9(10,7-8)6-4-8/h1H,3-7H2. The topological polar surface area (TPSA) is 0 Å². The third-order valence-electron chi connectivity index (χ3n) is 3.06. The molecule has 0 nitrogen and oxygen atoms in total. The van der Waals surface area contributed by atoms with Crippen molar-refractivity contribution in [2.45, 2.75) is 37.8 Å². The van der Waals surface area contributed by atoms with Crippen LogP contribution in [-0.4, -0.2) is 5.67 Å². The van der Waals surface area contributed by atoms with Crippen LogP contribution in [0.4, 0.5) is 4.39 Å². The Morgan fingerprint density at radius 1 is 1.20 bits per heavy atom. The molecule has 2 saturated carbocycles. The van der Waals surface area contributed by atoms with Crippen molar-refractivity contribution >= 4 is 0 Å². The summed E-state index contributed by atoms with van der Waals surface area (Å²) in [6.45, 7) is 0. The first-order valence-corrected chi connectivity index (χ1v) is 3.85. The van der Waals surface area contributed by atoms with Gasteiger partial charge in [-0.3, -0.25) is 0 Å². The Labute approximate surface area is 60.8 Å². The molecule has 0 aromatic heterocycles. The largest absolute Gasteiger partial charge is 0.244 e. The van der Waals surface area contributed by atoms with Crippen LogP contribution < -0.4 is 0 Å². The first-order valence-electron chi connectivity index (χ1n) is 3.85. The van der Waals surface area contributed by atoms with Crippen molar-refractivity contribution in [1.29, 1.82) is 0 Å². The molecule has 1 heteroatoms. The summed E-state index contributed by atoms with van der Waals surface area (Å²) in [4.78, 5) is 0. The maximum atomic E-state index is 13.4. The van der Waals surface area contributed by atoms with Crippen LogP contribution in [0.15, 0.2) is 0 Å². The van der Waals surface area contributed by atoms with Crippen LogP contribution in [0, 0.1) is 17.8 Å². The predicted molar refractivity (Wildman–Crippen MR) is 38.2 cm³/mol. The Bertz CT molecular complexity index is 191. The van der Waals surface area contributed by atoms with Crippen LogP contribution in [0.3, 0.4) is 0 Å².